The van der Waals surface area contributed by atoms with E-state index >= 15 is 0 Å². The molecule has 4 nitrogen and oxygen atoms in total. The van der Waals surface area contributed by atoms with Crippen LogP contribution in [0.3, 0.4) is 0 Å². The number of aryl methyl sites for hydroxylation is 1. The molecular weight excluding hydrogens is 379 g/mol. The molecule has 0 heterocycles. The molecule has 0 aliphatic carbocycles. The average Bonchev–Trinajstić information content (AvgIpc) is 2.61. The zero-order valence-corrected chi connectivity index (χ0v) is 16.0. The summed E-state index contributed by atoms with van der Waals surface area (Å²) in [5.74, 6) is 0.00256. The first-order valence-electron chi connectivity index (χ1n) is 8.54. The van der Waals surface area contributed by atoms with Gasteiger partial charge in [0.1, 0.15) is 5.75 Å². The van der Waals surface area contributed by atoms with Gasteiger partial charge in [0.05, 0.1) is 23.3 Å². The molecule has 2 aromatic rings. The molecule has 1 N–H and O–H groups in total. The topological polar surface area (TPSA) is 55.4 Å². The van der Waals surface area contributed by atoms with E-state index in [2.05, 4.69) is 11.6 Å². The molecule has 27 heavy (non-hydrogen) atoms. The van der Waals surface area contributed by atoms with E-state index in [4.69, 9.17) is 4.74 Å². The Labute approximate surface area is 157 Å². The first kappa shape index (κ1) is 21.1. The summed E-state index contributed by atoms with van der Waals surface area (Å²) >= 11 is 0. The predicted molar refractivity (Wildman–Crippen MR) is 98.5 cm³/mol. The van der Waals surface area contributed by atoms with E-state index in [1.807, 2.05) is 0 Å². The van der Waals surface area contributed by atoms with Gasteiger partial charge in [-0.25, -0.2) is 8.42 Å². The third kappa shape index (κ3) is 5.63. The van der Waals surface area contributed by atoms with Gasteiger partial charge in [0.2, 0.25) is 0 Å². The Kier molecular flexibility index (Phi) is 6.75. The van der Waals surface area contributed by atoms with Gasteiger partial charge in [0.25, 0.3) is 10.0 Å². The van der Waals surface area contributed by atoms with Crippen LogP contribution >= 0.6 is 0 Å². The van der Waals surface area contributed by atoms with E-state index in [0.717, 1.165) is 49.4 Å². The van der Waals surface area contributed by atoms with E-state index in [1.54, 1.807) is 12.1 Å². The van der Waals surface area contributed by atoms with Crippen molar-refractivity contribution in [1.29, 1.82) is 0 Å². The van der Waals surface area contributed by atoms with Gasteiger partial charge in [0.15, 0.2) is 0 Å². The average molecular weight is 401 g/mol. The van der Waals surface area contributed by atoms with E-state index in [9.17, 15) is 21.6 Å². The number of anilines is 1. The van der Waals surface area contributed by atoms with Gasteiger partial charge in [-0.05, 0) is 48.7 Å². The molecule has 0 aliphatic heterocycles. The van der Waals surface area contributed by atoms with Gasteiger partial charge < -0.3 is 4.74 Å². The van der Waals surface area contributed by atoms with Gasteiger partial charge in [0, 0.05) is 0 Å². The molecule has 148 valence electrons. The molecular formula is C19H22F3NO3S. The predicted octanol–water partition coefficient (Wildman–Crippen LogP) is 5.25. The van der Waals surface area contributed by atoms with E-state index in [0.29, 0.717) is 0 Å². The highest BCUT2D eigenvalue weighted by molar-refractivity contribution is 7.92. The van der Waals surface area contributed by atoms with Crippen molar-refractivity contribution in [1.82, 2.24) is 0 Å². The Morgan fingerprint density at radius 1 is 1.04 bits per heavy atom. The smallest absolute Gasteiger partial charge is 0.416 e. The number of halogens is 3. The van der Waals surface area contributed by atoms with Crippen molar-refractivity contribution in [2.45, 2.75) is 43.7 Å². The van der Waals surface area contributed by atoms with Crippen LogP contribution in [0.25, 0.3) is 0 Å². The summed E-state index contributed by atoms with van der Waals surface area (Å²) in [5.41, 5.74) is -0.217. The maximum absolute atomic E-state index is 12.9. The van der Waals surface area contributed by atoms with Crippen molar-refractivity contribution in [3.05, 3.63) is 53.6 Å². The lowest BCUT2D eigenvalue weighted by Gasteiger charge is -2.15. The summed E-state index contributed by atoms with van der Waals surface area (Å²) in [4.78, 5) is -0.0267. The second-order valence-electron chi connectivity index (χ2n) is 6.12. The molecule has 0 bridgehead atoms. The van der Waals surface area contributed by atoms with Crippen LogP contribution in [-0.4, -0.2) is 15.5 Å². The Balaban J connectivity index is 2.25. The number of sulfonamides is 1. The third-order valence-electron chi connectivity index (χ3n) is 4.07. The van der Waals surface area contributed by atoms with E-state index in [-0.39, 0.29) is 16.3 Å². The van der Waals surface area contributed by atoms with Crippen molar-refractivity contribution in [2.75, 3.05) is 11.8 Å². The summed E-state index contributed by atoms with van der Waals surface area (Å²) in [6.07, 6.45) is -0.538. The Morgan fingerprint density at radius 3 is 2.26 bits per heavy atom. The highest BCUT2D eigenvalue weighted by atomic mass is 32.2. The van der Waals surface area contributed by atoms with Gasteiger partial charge in [-0.2, -0.15) is 13.2 Å². The number of alkyl halides is 3. The first-order valence-corrected chi connectivity index (χ1v) is 10.0. The molecule has 2 rings (SSSR count). The number of unbranched alkanes of at least 4 members (excludes halogenated alkanes) is 2. The van der Waals surface area contributed by atoms with Crippen molar-refractivity contribution < 1.29 is 26.3 Å². The fraction of sp³-hybridized carbons (Fsp3) is 0.368. The fourth-order valence-corrected chi connectivity index (χ4v) is 3.64. The van der Waals surface area contributed by atoms with Gasteiger partial charge in [-0.15, -0.1) is 0 Å². The van der Waals surface area contributed by atoms with Gasteiger partial charge in [-0.3, -0.25) is 4.72 Å². The fourth-order valence-electron chi connectivity index (χ4n) is 2.58. The Hall–Kier alpha value is -2.22. The number of methoxy groups -OCH3 is 1. The minimum absolute atomic E-state index is 0.00256. The van der Waals surface area contributed by atoms with Crippen molar-refractivity contribution in [3.63, 3.8) is 0 Å². The highest BCUT2D eigenvalue weighted by Gasteiger charge is 2.31. The summed E-state index contributed by atoms with van der Waals surface area (Å²) in [5, 5.41) is 0. The third-order valence-corrected chi connectivity index (χ3v) is 5.46. The number of hydrogen-bond acceptors (Lipinski definition) is 3. The molecule has 2 aromatic carbocycles. The van der Waals surface area contributed by atoms with Crippen molar-refractivity contribution in [2.24, 2.45) is 0 Å². The van der Waals surface area contributed by atoms with Gasteiger partial charge >= 0.3 is 6.18 Å². The summed E-state index contributed by atoms with van der Waals surface area (Å²) in [6.45, 7) is 2.10. The van der Waals surface area contributed by atoms with Crippen LogP contribution in [0.2, 0.25) is 0 Å². The number of rotatable bonds is 8. The number of nitrogens with one attached hydrogen (secondary N) is 1. The van der Waals surface area contributed by atoms with Crippen molar-refractivity contribution >= 4 is 15.7 Å². The molecule has 0 spiro atoms. The molecule has 0 saturated heterocycles. The lowest BCUT2D eigenvalue weighted by atomic mass is 10.1. The molecule has 0 radical (unpaired) electrons. The van der Waals surface area contributed by atoms with Crippen LogP contribution in [0.15, 0.2) is 47.4 Å². The molecule has 0 amide bonds. The Morgan fingerprint density at radius 2 is 1.70 bits per heavy atom. The zero-order valence-electron chi connectivity index (χ0n) is 15.1. The number of hydrogen-bond donors (Lipinski definition) is 1. The van der Waals surface area contributed by atoms with Crippen LogP contribution in [0.5, 0.6) is 5.75 Å². The van der Waals surface area contributed by atoms with E-state index in [1.165, 1.54) is 19.2 Å². The molecule has 0 unspecified atom stereocenters. The normalized spacial score (nSPS) is 12.0. The monoisotopic (exact) mass is 401 g/mol. The highest BCUT2D eigenvalue weighted by Crippen LogP contribution is 2.35. The number of ether oxygens (including phenoxy) is 1. The second-order valence-corrected chi connectivity index (χ2v) is 7.80. The van der Waals surface area contributed by atoms with Crippen LogP contribution in [0, 0.1) is 0 Å². The minimum Gasteiger partial charge on any atom is -0.495 e. The molecule has 8 heteroatoms. The molecule has 0 fully saturated rings. The minimum atomic E-state index is -4.59. The van der Waals surface area contributed by atoms with E-state index < -0.39 is 21.8 Å². The zero-order chi connectivity index (χ0) is 20.1. The molecule has 0 aromatic heterocycles. The van der Waals surface area contributed by atoms with Crippen LogP contribution in [0.1, 0.15) is 37.3 Å². The van der Waals surface area contributed by atoms with Crippen molar-refractivity contribution in [3.8, 4) is 5.75 Å². The Bertz CT molecular complexity index is 863. The lowest BCUT2D eigenvalue weighted by molar-refractivity contribution is -0.137. The summed E-state index contributed by atoms with van der Waals surface area (Å²) in [7, 11) is -2.79. The molecule has 0 atom stereocenters. The largest absolute Gasteiger partial charge is 0.495 e. The first-order chi connectivity index (χ1) is 12.7. The quantitative estimate of drug-likeness (QED) is 0.615. The summed E-state index contributed by atoms with van der Waals surface area (Å²) < 4.78 is 71.0. The maximum Gasteiger partial charge on any atom is 0.416 e. The summed E-state index contributed by atoms with van der Waals surface area (Å²) in [6, 6.07) is 8.96. The second kappa shape index (κ2) is 8.65. The van der Waals surface area contributed by atoms with Gasteiger partial charge in [-0.1, -0.05) is 31.9 Å². The SMILES string of the molecule is CCCCCc1ccc(S(=O)(=O)Nc2cc(C(F)(F)F)ccc2OC)cc1. The maximum atomic E-state index is 12.9. The standard InChI is InChI=1S/C19H22F3NO3S/c1-3-4-5-6-14-7-10-16(11-8-14)27(24,25)23-17-13-15(19(20,21)22)9-12-18(17)26-2/h7-13,23H,3-6H2,1-2H3. The van der Waals surface area contributed by atoms with Crippen LogP contribution < -0.4 is 9.46 Å². The lowest BCUT2D eigenvalue weighted by Crippen LogP contribution is -2.15. The molecule has 0 saturated carbocycles. The van der Waals surface area contributed by atoms with Crippen LogP contribution in [-0.2, 0) is 22.6 Å². The molecule has 0 aliphatic rings. The van der Waals surface area contributed by atoms with Crippen LogP contribution in [0.4, 0.5) is 18.9 Å². The number of benzene rings is 2.